The molecule has 6 nitrogen and oxygen atoms in total. The second-order valence-electron chi connectivity index (χ2n) is 6.21. The summed E-state index contributed by atoms with van der Waals surface area (Å²) in [6.07, 6.45) is 0.497. The average molecular weight is 334 g/mol. The lowest BCUT2D eigenvalue weighted by Crippen LogP contribution is -2.25. The molecule has 0 spiro atoms. The molecule has 1 amide bonds. The molecule has 128 valence electrons. The summed E-state index contributed by atoms with van der Waals surface area (Å²) in [4.78, 5) is 12.9. The van der Waals surface area contributed by atoms with Crippen LogP contribution in [0.4, 0.5) is 5.69 Å². The number of tetrazole rings is 1. The summed E-state index contributed by atoms with van der Waals surface area (Å²) in [5, 5.41) is 17.8. The normalized spacial score (nSPS) is 12.0. The van der Waals surface area contributed by atoms with E-state index in [1.165, 1.54) is 5.56 Å². The van der Waals surface area contributed by atoms with Gasteiger partial charge in [0.1, 0.15) is 0 Å². The zero-order valence-electron chi connectivity index (χ0n) is 14.5. The van der Waals surface area contributed by atoms with E-state index in [1.807, 2.05) is 63.2 Å². The van der Waals surface area contributed by atoms with Crippen molar-refractivity contribution in [3.8, 4) is 0 Å². The Morgan fingerprint density at radius 3 is 2.56 bits per heavy atom. The minimum atomic E-state index is -0.544. The van der Waals surface area contributed by atoms with Gasteiger partial charge in [0.05, 0.1) is 5.92 Å². The lowest BCUT2D eigenvalue weighted by molar-refractivity contribution is -0.117. The van der Waals surface area contributed by atoms with Gasteiger partial charge >= 0.3 is 0 Å². The highest BCUT2D eigenvalue weighted by Gasteiger charge is 2.22. The van der Waals surface area contributed by atoms with Crippen LogP contribution < -0.4 is 10.4 Å². The molecule has 25 heavy (non-hydrogen) atoms. The summed E-state index contributed by atoms with van der Waals surface area (Å²) < 4.78 is 0. The third-order valence-corrected chi connectivity index (χ3v) is 4.42. The standard InChI is InChI=1S/C19H21N5O/c1-12-8-9-16(10-14(12)3)20-19(25)17(18-21-23-24-22-18)11-15-7-5-4-6-13(15)2/h4-10,17H,11H2,1-3H3,(H2,20,21,22,23,24,25)/p-1/t17-/m1/s1. The fraction of sp³-hybridized carbons (Fsp3) is 0.263. The first-order valence-electron chi connectivity index (χ1n) is 8.16. The van der Waals surface area contributed by atoms with Crippen molar-refractivity contribution in [3.05, 3.63) is 70.5 Å². The Morgan fingerprint density at radius 1 is 1.08 bits per heavy atom. The highest BCUT2D eigenvalue weighted by Crippen LogP contribution is 2.22. The van der Waals surface area contributed by atoms with E-state index in [0.29, 0.717) is 12.2 Å². The smallest absolute Gasteiger partial charge is 0.232 e. The predicted octanol–water partition coefficient (Wildman–Crippen LogP) is 2.72. The molecule has 0 fully saturated rings. The zero-order chi connectivity index (χ0) is 17.8. The van der Waals surface area contributed by atoms with Crippen LogP contribution in [0.5, 0.6) is 0 Å². The number of nitrogens with zero attached hydrogens (tertiary/aromatic N) is 4. The van der Waals surface area contributed by atoms with Crippen LogP contribution in [-0.4, -0.2) is 21.4 Å². The summed E-state index contributed by atoms with van der Waals surface area (Å²) in [6.45, 7) is 6.08. The third-order valence-electron chi connectivity index (χ3n) is 4.42. The van der Waals surface area contributed by atoms with Crippen molar-refractivity contribution in [2.75, 3.05) is 5.32 Å². The van der Waals surface area contributed by atoms with Gasteiger partial charge in [-0.15, -0.1) is 0 Å². The third kappa shape index (κ3) is 3.91. The SMILES string of the molecule is Cc1ccc(NC(=O)[C@H](Cc2ccccc2C)c2nnn[n-]2)cc1C. The van der Waals surface area contributed by atoms with Crippen molar-refractivity contribution >= 4 is 11.6 Å². The first-order valence-corrected chi connectivity index (χ1v) is 8.16. The molecule has 2 aromatic carbocycles. The van der Waals surface area contributed by atoms with Gasteiger partial charge in [-0.2, -0.15) is 5.21 Å². The Labute approximate surface area is 146 Å². The largest absolute Gasteiger partial charge is 0.335 e. The van der Waals surface area contributed by atoms with E-state index in [4.69, 9.17) is 0 Å². The van der Waals surface area contributed by atoms with E-state index in [0.717, 1.165) is 22.4 Å². The lowest BCUT2D eigenvalue weighted by atomic mass is 9.94. The molecule has 0 radical (unpaired) electrons. The topological polar surface area (TPSA) is 81.9 Å². The van der Waals surface area contributed by atoms with E-state index in [1.54, 1.807) is 0 Å². The maximum Gasteiger partial charge on any atom is 0.232 e. The fourth-order valence-corrected chi connectivity index (χ4v) is 2.70. The fourth-order valence-electron chi connectivity index (χ4n) is 2.70. The summed E-state index contributed by atoms with van der Waals surface area (Å²) in [5.74, 6) is -0.372. The van der Waals surface area contributed by atoms with Gasteiger partial charge in [-0.25, -0.2) is 0 Å². The molecule has 0 saturated heterocycles. The number of hydrogen-bond acceptors (Lipinski definition) is 4. The second kappa shape index (κ2) is 7.25. The molecule has 0 bridgehead atoms. The maximum atomic E-state index is 12.9. The molecule has 1 aromatic heterocycles. The number of aromatic nitrogens is 4. The molecule has 0 unspecified atom stereocenters. The number of rotatable bonds is 5. The molecular weight excluding hydrogens is 314 g/mol. The van der Waals surface area contributed by atoms with Crippen LogP contribution in [0.25, 0.3) is 0 Å². The van der Waals surface area contributed by atoms with E-state index < -0.39 is 5.92 Å². The van der Waals surface area contributed by atoms with Crippen LogP contribution in [0, 0.1) is 20.8 Å². The summed E-state index contributed by atoms with van der Waals surface area (Å²) >= 11 is 0. The Kier molecular flexibility index (Phi) is 4.88. The van der Waals surface area contributed by atoms with Crippen molar-refractivity contribution in [2.45, 2.75) is 33.1 Å². The van der Waals surface area contributed by atoms with Crippen molar-refractivity contribution < 1.29 is 4.79 Å². The van der Waals surface area contributed by atoms with Crippen LogP contribution in [0.1, 0.15) is 34.0 Å². The van der Waals surface area contributed by atoms with Crippen LogP contribution in [0.15, 0.2) is 42.5 Å². The molecule has 3 rings (SSSR count). The van der Waals surface area contributed by atoms with Crippen LogP contribution >= 0.6 is 0 Å². The quantitative estimate of drug-likeness (QED) is 0.776. The van der Waals surface area contributed by atoms with Gasteiger partial charge in [0.25, 0.3) is 0 Å². The predicted molar refractivity (Wildman–Crippen MR) is 95.3 cm³/mol. The summed E-state index contributed by atoms with van der Waals surface area (Å²) in [7, 11) is 0. The van der Waals surface area contributed by atoms with Gasteiger partial charge in [-0.3, -0.25) is 15.1 Å². The Hall–Kier alpha value is -3.02. The highest BCUT2D eigenvalue weighted by molar-refractivity contribution is 5.95. The highest BCUT2D eigenvalue weighted by atomic mass is 16.1. The average Bonchev–Trinajstić information content (AvgIpc) is 3.11. The maximum absolute atomic E-state index is 12.9. The molecule has 1 atom stereocenters. The summed E-state index contributed by atoms with van der Waals surface area (Å²) in [6, 6.07) is 13.8. The monoisotopic (exact) mass is 334 g/mol. The van der Waals surface area contributed by atoms with E-state index >= 15 is 0 Å². The number of carbonyl (C=O) groups excluding carboxylic acids is 1. The number of carbonyl (C=O) groups is 1. The number of nitrogens with one attached hydrogen (secondary N) is 1. The van der Waals surface area contributed by atoms with Crippen molar-refractivity contribution in [2.24, 2.45) is 0 Å². The van der Waals surface area contributed by atoms with Gasteiger partial charge < -0.3 is 10.4 Å². The van der Waals surface area contributed by atoms with Crippen LogP contribution in [0.3, 0.4) is 0 Å². The van der Waals surface area contributed by atoms with Gasteiger partial charge in [-0.1, -0.05) is 30.3 Å². The first-order chi connectivity index (χ1) is 12.0. The van der Waals surface area contributed by atoms with E-state index in [-0.39, 0.29) is 5.91 Å². The molecule has 0 aliphatic heterocycles. The van der Waals surface area contributed by atoms with E-state index in [2.05, 4.69) is 25.9 Å². The molecule has 1 N–H and O–H groups in total. The first kappa shape index (κ1) is 16.8. The Balaban J connectivity index is 1.85. The molecular formula is C19H20N5O-. The van der Waals surface area contributed by atoms with Crippen molar-refractivity contribution in [3.63, 3.8) is 0 Å². The number of hydrogen-bond donors (Lipinski definition) is 1. The van der Waals surface area contributed by atoms with Crippen LogP contribution in [-0.2, 0) is 11.2 Å². The Bertz CT molecular complexity index is 873. The molecule has 0 aliphatic rings. The molecule has 1 heterocycles. The lowest BCUT2D eigenvalue weighted by Gasteiger charge is -2.18. The molecule has 0 saturated carbocycles. The molecule has 3 aromatic rings. The van der Waals surface area contributed by atoms with Gasteiger partial charge in [-0.05, 0) is 61.6 Å². The van der Waals surface area contributed by atoms with E-state index in [9.17, 15) is 4.79 Å². The number of amides is 1. The number of anilines is 1. The number of aryl methyl sites for hydroxylation is 3. The second-order valence-corrected chi connectivity index (χ2v) is 6.21. The van der Waals surface area contributed by atoms with Gasteiger partial charge in [0, 0.05) is 11.5 Å². The summed E-state index contributed by atoms with van der Waals surface area (Å²) in [5.41, 5.74) is 5.27. The zero-order valence-corrected chi connectivity index (χ0v) is 14.5. The molecule has 0 aliphatic carbocycles. The van der Waals surface area contributed by atoms with Crippen molar-refractivity contribution in [1.82, 2.24) is 20.6 Å². The van der Waals surface area contributed by atoms with Crippen LogP contribution in [0.2, 0.25) is 0 Å². The molecule has 6 heteroatoms. The minimum absolute atomic E-state index is 0.165. The Morgan fingerprint density at radius 2 is 1.88 bits per heavy atom. The van der Waals surface area contributed by atoms with Gasteiger partial charge in [0.2, 0.25) is 5.91 Å². The minimum Gasteiger partial charge on any atom is -0.335 e. The van der Waals surface area contributed by atoms with Crippen molar-refractivity contribution in [1.29, 1.82) is 0 Å². The van der Waals surface area contributed by atoms with Gasteiger partial charge in [0.15, 0.2) is 0 Å². The number of benzene rings is 2.